The van der Waals surface area contributed by atoms with Gasteiger partial charge in [0.05, 0.1) is 19.4 Å². The number of hydrogen-bond acceptors (Lipinski definition) is 8. The molecule has 132 valence electrons. The molecule has 3 fully saturated rings. The van der Waals surface area contributed by atoms with Crippen molar-refractivity contribution in [3.05, 3.63) is 0 Å². The maximum absolute atomic E-state index is 11.5. The van der Waals surface area contributed by atoms with Gasteiger partial charge in [-0.15, -0.1) is 0 Å². The number of methoxy groups -OCH3 is 1. The molecule has 0 amide bonds. The fourth-order valence-corrected chi connectivity index (χ4v) is 3.66. The summed E-state index contributed by atoms with van der Waals surface area (Å²) in [5.74, 6) is 0.843. The topological polar surface area (TPSA) is 95.7 Å². The summed E-state index contributed by atoms with van der Waals surface area (Å²) in [5, 5.41) is 13.7. The molecule has 8 heteroatoms. The van der Waals surface area contributed by atoms with Crippen LogP contribution in [0.3, 0.4) is 0 Å². The normalized spacial score (nSPS) is 38.4. The van der Waals surface area contributed by atoms with E-state index < -0.39 is 6.23 Å². The van der Waals surface area contributed by atoms with Gasteiger partial charge in [-0.25, -0.2) is 4.79 Å². The number of hydroxylamine groups is 1. The van der Waals surface area contributed by atoms with E-state index in [1.54, 1.807) is 0 Å². The van der Waals surface area contributed by atoms with Gasteiger partial charge in [0.25, 0.3) is 0 Å². The number of hydrogen-bond donors (Lipinski definition) is 5. The van der Waals surface area contributed by atoms with E-state index in [-0.39, 0.29) is 12.1 Å². The first kappa shape index (κ1) is 17.1. The molecule has 1 saturated carbocycles. The number of nitrogens with one attached hydrogen (secondary N) is 5. The van der Waals surface area contributed by atoms with Gasteiger partial charge in [0.1, 0.15) is 0 Å². The molecule has 1 aliphatic carbocycles. The summed E-state index contributed by atoms with van der Waals surface area (Å²) in [6.07, 6.45) is 4.46. The first-order chi connectivity index (χ1) is 11.3. The fraction of sp³-hybridized carbons (Fsp3) is 0.933. The van der Waals surface area contributed by atoms with Crippen LogP contribution in [0.1, 0.15) is 25.7 Å². The van der Waals surface area contributed by atoms with E-state index in [2.05, 4.69) is 26.7 Å². The first-order valence-corrected chi connectivity index (χ1v) is 8.69. The Labute approximate surface area is 137 Å². The van der Waals surface area contributed by atoms with Crippen molar-refractivity contribution in [3.8, 4) is 0 Å². The van der Waals surface area contributed by atoms with Crippen molar-refractivity contribution in [2.75, 3.05) is 33.3 Å². The van der Waals surface area contributed by atoms with Crippen molar-refractivity contribution in [2.24, 2.45) is 11.8 Å². The minimum Gasteiger partial charge on any atom is -0.466 e. The van der Waals surface area contributed by atoms with Gasteiger partial charge in [-0.1, -0.05) is 0 Å². The predicted octanol–water partition coefficient (Wildman–Crippen LogP) is -1.15. The minimum atomic E-state index is -0.686. The van der Waals surface area contributed by atoms with Crippen LogP contribution < -0.4 is 26.7 Å². The van der Waals surface area contributed by atoms with Crippen molar-refractivity contribution in [2.45, 2.75) is 44.2 Å². The predicted molar refractivity (Wildman–Crippen MR) is 85.1 cm³/mol. The van der Waals surface area contributed by atoms with Gasteiger partial charge in [0, 0.05) is 19.6 Å². The van der Waals surface area contributed by atoms with Crippen LogP contribution in [0.25, 0.3) is 0 Å². The van der Waals surface area contributed by atoms with Gasteiger partial charge < -0.3 is 15.4 Å². The highest BCUT2D eigenvalue weighted by molar-refractivity contribution is 5.74. The zero-order valence-electron chi connectivity index (χ0n) is 13.8. The van der Waals surface area contributed by atoms with E-state index in [1.165, 1.54) is 20.0 Å². The Kier molecular flexibility index (Phi) is 6.21. The molecule has 2 aliphatic heterocycles. The standard InChI is InChI=1S/C15H29N5O3/c1-22-15(21)14-19-13(20-23-14)11-4-2-10(3-5-11)8-18-12-9-16-6-7-17-12/h10-14,16-20H,2-9H2,1H3. The Morgan fingerprint density at radius 2 is 2.09 bits per heavy atom. The number of esters is 1. The smallest absolute Gasteiger partial charge is 0.352 e. The zero-order valence-corrected chi connectivity index (χ0v) is 13.8. The average Bonchev–Trinajstić information content (AvgIpc) is 3.11. The lowest BCUT2D eigenvalue weighted by molar-refractivity contribution is -0.155. The minimum absolute atomic E-state index is 0.0391. The molecular formula is C15H29N5O3. The Morgan fingerprint density at radius 3 is 2.78 bits per heavy atom. The van der Waals surface area contributed by atoms with E-state index in [4.69, 9.17) is 9.57 Å². The third-order valence-corrected chi connectivity index (χ3v) is 5.12. The third-order valence-electron chi connectivity index (χ3n) is 5.12. The number of piperazine rings is 1. The van der Waals surface area contributed by atoms with E-state index in [9.17, 15) is 4.79 Å². The number of carbonyl (C=O) groups excluding carboxylic acids is 1. The molecule has 2 saturated heterocycles. The van der Waals surface area contributed by atoms with E-state index in [0.717, 1.165) is 44.9 Å². The lowest BCUT2D eigenvalue weighted by Crippen LogP contribution is -2.56. The van der Waals surface area contributed by atoms with Gasteiger partial charge in [-0.3, -0.25) is 15.5 Å². The number of rotatable bonds is 5. The van der Waals surface area contributed by atoms with Crippen LogP contribution in [-0.2, 0) is 14.4 Å². The highest BCUT2D eigenvalue weighted by atomic mass is 16.7. The Hall–Kier alpha value is -0.770. The van der Waals surface area contributed by atoms with Crippen molar-refractivity contribution in [3.63, 3.8) is 0 Å². The average molecular weight is 327 g/mol. The van der Waals surface area contributed by atoms with Crippen LogP contribution in [0.4, 0.5) is 0 Å². The highest BCUT2D eigenvalue weighted by Gasteiger charge is 2.36. The molecule has 3 unspecified atom stereocenters. The van der Waals surface area contributed by atoms with Crippen LogP contribution in [0.5, 0.6) is 0 Å². The Balaban J connectivity index is 1.34. The van der Waals surface area contributed by atoms with Crippen molar-refractivity contribution in [1.29, 1.82) is 0 Å². The van der Waals surface area contributed by atoms with Crippen LogP contribution in [0.15, 0.2) is 0 Å². The van der Waals surface area contributed by atoms with E-state index >= 15 is 0 Å². The molecule has 3 atom stereocenters. The van der Waals surface area contributed by atoms with Gasteiger partial charge in [0.15, 0.2) is 0 Å². The lowest BCUT2D eigenvalue weighted by atomic mass is 9.80. The largest absolute Gasteiger partial charge is 0.466 e. The fourth-order valence-electron chi connectivity index (χ4n) is 3.66. The number of ether oxygens (including phenoxy) is 1. The van der Waals surface area contributed by atoms with Crippen LogP contribution in [-0.4, -0.2) is 57.8 Å². The van der Waals surface area contributed by atoms with E-state index in [0.29, 0.717) is 12.1 Å². The van der Waals surface area contributed by atoms with E-state index in [1.807, 2.05) is 0 Å². The summed E-state index contributed by atoms with van der Waals surface area (Å²) in [7, 11) is 1.37. The maximum atomic E-state index is 11.5. The maximum Gasteiger partial charge on any atom is 0.352 e. The second-order valence-electron chi connectivity index (χ2n) is 6.68. The number of carbonyl (C=O) groups is 1. The van der Waals surface area contributed by atoms with Gasteiger partial charge in [0.2, 0.25) is 6.23 Å². The monoisotopic (exact) mass is 327 g/mol. The molecule has 23 heavy (non-hydrogen) atoms. The molecule has 0 spiro atoms. The van der Waals surface area contributed by atoms with Gasteiger partial charge >= 0.3 is 5.97 Å². The van der Waals surface area contributed by atoms with Crippen molar-refractivity contribution < 1.29 is 14.4 Å². The summed E-state index contributed by atoms with van der Waals surface area (Å²) in [5.41, 5.74) is 2.94. The zero-order chi connectivity index (χ0) is 16.1. The summed E-state index contributed by atoms with van der Waals surface area (Å²) >= 11 is 0. The summed E-state index contributed by atoms with van der Waals surface area (Å²) < 4.78 is 4.69. The molecule has 0 aromatic carbocycles. The molecule has 0 bridgehead atoms. The molecule has 2 heterocycles. The molecule has 5 N–H and O–H groups in total. The molecule has 0 radical (unpaired) electrons. The molecule has 8 nitrogen and oxygen atoms in total. The third kappa shape index (κ3) is 4.62. The summed E-state index contributed by atoms with van der Waals surface area (Å²) in [4.78, 5) is 16.7. The highest BCUT2D eigenvalue weighted by Crippen LogP contribution is 2.31. The van der Waals surface area contributed by atoms with Crippen LogP contribution >= 0.6 is 0 Å². The summed E-state index contributed by atoms with van der Waals surface area (Å²) in [6, 6.07) is 0. The first-order valence-electron chi connectivity index (χ1n) is 8.69. The second kappa shape index (κ2) is 8.36. The molecule has 0 aromatic heterocycles. The molecular weight excluding hydrogens is 298 g/mol. The molecule has 0 aromatic rings. The van der Waals surface area contributed by atoms with Crippen molar-refractivity contribution in [1.82, 2.24) is 26.7 Å². The Morgan fingerprint density at radius 1 is 1.26 bits per heavy atom. The molecule has 3 rings (SSSR count). The van der Waals surface area contributed by atoms with Gasteiger partial charge in [-0.2, -0.15) is 5.48 Å². The lowest BCUT2D eigenvalue weighted by Gasteiger charge is -2.33. The SMILES string of the molecule is COC(=O)C1NC(C2CCC(CNC3CNCCN3)CC2)NO1. The van der Waals surface area contributed by atoms with Gasteiger partial charge in [-0.05, 0) is 44.1 Å². The quantitative estimate of drug-likeness (QED) is 0.404. The summed E-state index contributed by atoms with van der Waals surface area (Å²) in [6.45, 7) is 4.15. The second-order valence-corrected chi connectivity index (χ2v) is 6.68. The van der Waals surface area contributed by atoms with Crippen LogP contribution in [0.2, 0.25) is 0 Å². The molecule has 3 aliphatic rings. The Bertz CT molecular complexity index is 383. The van der Waals surface area contributed by atoms with Crippen molar-refractivity contribution >= 4 is 5.97 Å². The van der Waals surface area contributed by atoms with Crippen LogP contribution in [0, 0.1) is 11.8 Å².